The molecule has 40 heavy (non-hydrogen) atoms. The van der Waals surface area contributed by atoms with E-state index in [9.17, 15) is 9.69 Å². The average Bonchev–Trinajstić information content (AvgIpc) is 2.94. The van der Waals surface area contributed by atoms with E-state index in [-0.39, 0.29) is 6.61 Å². The standard InChI is InChI=1S/C32H58NO6P/c1-4-5-6-7-8-9-10-11-12-13-14-15-16-17-18-21-25-36-32-23-20-19-22-30(32)27-31(37-29-34)28-39-40(35)38-26-24-33(2)3/h19-20,22-23,29,31,35H,4-18,21,24-28H2,1-3H3. The predicted molar refractivity (Wildman–Crippen MR) is 166 cm³/mol. The predicted octanol–water partition coefficient (Wildman–Crippen LogP) is 8.23. The van der Waals surface area contributed by atoms with Gasteiger partial charge in [-0.25, -0.2) is 0 Å². The number of nitrogens with zero attached hydrogens (tertiary/aromatic N) is 1. The number of ether oxygens (including phenoxy) is 2. The van der Waals surface area contributed by atoms with Gasteiger partial charge >= 0.3 is 8.60 Å². The van der Waals surface area contributed by atoms with Gasteiger partial charge in [0.2, 0.25) is 0 Å². The summed E-state index contributed by atoms with van der Waals surface area (Å²) in [5.74, 6) is 0.802. The Balaban J connectivity index is 2.14. The molecule has 0 heterocycles. The smallest absolute Gasteiger partial charge is 0.330 e. The number of para-hydroxylation sites is 1. The first-order valence-electron chi connectivity index (χ1n) is 15.8. The summed E-state index contributed by atoms with van der Waals surface area (Å²) in [6.07, 6.45) is 21.5. The van der Waals surface area contributed by atoms with Crippen molar-refractivity contribution in [3.05, 3.63) is 29.8 Å². The van der Waals surface area contributed by atoms with Crippen molar-refractivity contribution in [2.45, 2.75) is 122 Å². The minimum absolute atomic E-state index is 0.0520. The van der Waals surface area contributed by atoms with Crippen molar-refractivity contribution in [3.63, 3.8) is 0 Å². The van der Waals surface area contributed by atoms with Gasteiger partial charge in [-0.3, -0.25) is 4.79 Å². The van der Waals surface area contributed by atoms with E-state index < -0.39 is 14.7 Å². The third kappa shape index (κ3) is 21.5. The van der Waals surface area contributed by atoms with E-state index in [1.807, 2.05) is 43.3 Å². The lowest BCUT2D eigenvalue weighted by Gasteiger charge is -2.19. The first kappa shape index (κ1) is 36.8. The Bertz CT molecular complexity index is 708. The van der Waals surface area contributed by atoms with Gasteiger partial charge in [0, 0.05) is 13.0 Å². The zero-order valence-electron chi connectivity index (χ0n) is 25.7. The van der Waals surface area contributed by atoms with E-state index >= 15 is 0 Å². The summed E-state index contributed by atoms with van der Waals surface area (Å²) >= 11 is 0. The second kappa shape index (κ2) is 26.6. The molecule has 0 aliphatic rings. The van der Waals surface area contributed by atoms with Crippen LogP contribution in [-0.2, 0) is 25.0 Å². The maximum Gasteiger partial charge on any atom is 0.330 e. The Morgan fingerprint density at radius 3 is 1.90 bits per heavy atom. The third-order valence-corrected chi connectivity index (χ3v) is 7.81. The van der Waals surface area contributed by atoms with E-state index in [1.165, 1.54) is 96.3 Å². The molecule has 0 bridgehead atoms. The Kier molecular flexibility index (Phi) is 24.5. The summed E-state index contributed by atoms with van der Waals surface area (Å²) < 4.78 is 22.0. The fraction of sp³-hybridized carbons (Fsp3) is 0.781. The number of hydrogen-bond acceptors (Lipinski definition) is 7. The Hall–Kier alpha value is -1.24. The molecule has 0 saturated heterocycles. The third-order valence-electron chi connectivity index (χ3n) is 7.03. The number of likely N-dealkylation sites (N-methyl/N-ethyl adjacent to an activating group) is 1. The number of hydrogen-bond donors (Lipinski definition) is 1. The van der Waals surface area contributed by atoms with Gasteiger partial charge < -0.3 is 28.3 Å². The molecule has 0 radical (unpaired) electrons. The van der Waals surface area contributed by atoms with Gasteiger partial charge in [-0.2, -0.15) is 0 Å². The molecule has 0 aromatic heterocycles. The maximum absolute atomic E-state index is 11.0. The molecule has 1 aromatic carbocycles. The van der Waals surface area contributed by atoms with Crippen molar-refractivity contribution in [2.75, 3.05) is 40.5 Å². The average molecular weight is 584 g/mol. The zero-order chi connectivity index (χ0) is 29.1. The monoisotopic (exact) mass is 583 g/mol. The zero-order valence-corrected chi connectivity index (χ0v) is 26.6. The highest BCUT2D eigenvalue weighted by Crippen LogP contribution is 2.33. The molecule has 232 valence electrons. The summed E-state index contributed by atoms with van der Waals surface area (Å²) in [5.41, 5.74) is 0.949. The Labute approximate surface area is 246 Å². The Morgan fingerprint density at radius 1 is 0.800 bits per heavy atom. The van der Waals surface area contributed by atoms with Crippen LogP contribution in [0.25, 0.3) is 0 Å². The van der Waals surface area contributed by atoms with E-state index in [2.05, 4.69) is 6.92 Å². The minimum atomic E-state index is -2.02. The highest BCUT2D eigenvalue weighted by molar-refractivity contribution is 7.40. The fourth-order valence-corrected chi connectivity index (χ4v) is 5.21. The first-order valence-corrected chi connectivity index (χ1v) is 16.9. The maximum atomic E-state index is 11.0. The second-order valence-corrected chi connectivity index (χ2v) is 12.0. The van der Waals surface area contributed by atoms with Crippen molar-refractivity contribution in [1.82, 2.24) is 4.90 Å². The SMILES string of the molecule is CCCCCCCCCCCCCCCCCCOc1ccccc1CC(COP(O)OCCN(C)C)OC=O. The summed E-state index contributed by atoms with van der Waals surface area (Å²) in [6, 6.07) is 7.81. The quantitative estimate of drug-likeness (QED) is 0.0578. The normalized spacial score (nSPS) is 12.9. The van der Waals surface area contributed by atoms with Gasteiger partial charge in [0.1, 0.15) is 11.9 Å². The van der Waals surface area contributed by atoms with Crippen LogP contribution in [0.5, 0.6) is 5.75 Å². The summed E-state index contributed by atoms with van der Waals surface area (Å²) in [4.78, 5) is 22.9. The highest BCUT2D eigenvalue weighted by atomic mass is 31.2. The number of rotatable bonds is 29. The summed E-state index contributed by atoms with van der Waals surface area (Å²) in [5, 5.41) is 0. The topological polar surface area (TPSA) is 77.5 Å². The lowest BCUT2D eigenvalue weighted by molar-refractivity contribution is -0.135. The first-order chi connectivity index (χ1) is 19.6. The number of carbonyl (C=O) groups excluding carboxylic acids is 1. The molecule has 8 heteroatoms. The molecule has 0 spiro atoms. The van der Waals surface area contributed by atoms with E-state index in [0.29, 0.717) is 32.7 Å². The molecule has 2 atom stereocenters. The molecule has 1 N–H and O–H groups in total. The van der Waals surface area contributed by atoms with Gasteiger partial charge in [0.05, 0.1) is 19.8 Å². The van der Waals surface area contributed by atoms with Crippen LogP contribution in [0.15, 0.2) is 24.3 Å². The van der Waals surface area contributed by atoms with Gasteiger partial charge in [-0.1, -0.05) is 121 Å². The molecular formula is C32H58NO6P. The van der Waals surface area contributed by atoms with Crippen LogP contribution in [0, 0.1) is 0 Å². The van der Waals surface area contributed by atoms with Crippen molar-refractivity contribution >= 4 is 15.1 Å². The summed E-state index contributed by atoms with van der Waals surface area (Å²) in [7, 11) is 1.84. The van der Waals surface area contributed by atoms with Gasteiger partial charge in [-0.05, 0) is 32.1 Å². The van der Waals surface area contributed by atoms with Crippen molar-refractivity contribution in [1.29, 1.82) is 0 Å². The highest BCUT2D eigenvalue weighted by Gasteiger charge is 2.17. The molecular weight excluding hydrogens is 525 g/mol. The van der Waals surface area contributed by atoms with Crippen LogP contribution >= 0.6 is 8.60 Å². The lowest BCUT2D eigenvalue weighted by Crippen LogP contribution is -2.22. The van der Waals surface area contributed by atoms with Crippen LogP contribution in [-0.4, -0.2) is 62.8 Å². The van der Waals surface area contributed by atoms with Crippen LogP contribution in [0.3, 0.4) is 0 Å². The van der Waals surface area contributed by atoms with Crippen LogP contribution < -0.4 is 4.74 Å². The molecule has 0 aliphatic heterocycles. The molecule has 7 nitrogen and oxygen atoms in total. The van der Waals surface area contributed by atoms with E-state index in [4.69, 9.17) is 18.5 Å². The molecule has 2 unspecified atom stereocenters. The van der Waals surface area contributed by atoms with Crippen molar-refractivity contribution < 1.29 is 28.2 Å². The van der Waals surface area contributed by atoms with Gasteiger partial charge in [-0.15, -0.1) is 0 Å². The molecule has 1 rings (SSSR count). The van der Waals surface area contributed by atoms with E-state index in [0.717, 1.165) is 17.7 Å². The fourth-order valence-electron chi connectivity index (χ4n) is 4.60. The lowest BCUT2D eigenvalue weighted by atomic mass is 10.0. The summed E-state index contributed by atoms with van der Waals surface area (Å²) in [6.45, 7) is 4.47. The van der Waals surface area contributed by atoms with Crippen LogP contribution in [0.2, 0.25) is 0 Å². The molecule has 0 aliphatic carbocycles. The molecule has 0 fully saturated rings. The van der Waals surface area contributed by atoms with Crippen molar-refractivity contribution in [2.24, 2.45) is 0 Å². The van der Waals surface area contributed by atoms with Crippen LogP contribution in [0.1, 0.15) is 115 Å². The molecule has 1 aromatic rings. The van der Waals surface area contributed by atoms with E-state index in [1.54, 1.807) is 0 Å². The van der Waals surface area contributed by atoms with Gasteiger partial charge in [0.15, 0.2) is 0 Å². The number of benzene rings is 1. The largest absolute Gasteiger partial charge is 0.493 e. The Morgan fingerprint density at radius 2 is 1.35 bits per heavy atom. The van der Waals surface area contributed by atoms with Crippen LogP contribution in [0.4, 0.5) is 0 Å². The minimum Gasteiger partial charge on any atom is -0.493 e. The van der Waals surface area contributed by atoms with Gasteiger partial charge in [0.25, 0.3) is 6.47 Å². The number of carbonyl (C=O) groups is 1. The second-order valence-electron chi connectivity index (χ2n) is 11.0. The van der Waals surface area contributed by atoms with Crippen molar-refractivity contribution in [3.8, 4) is 5.75 Å². The molecule has 0 amide bonds. The number of unbranched alkanes of at least 4 members (excludes halogenated alkanes) is 15. The molecule has 0 saturated carbocycles.